The van der Waals surface area contributed by atoms with E-state index in [9.17, 15) is 18.8 Å². The highest BCUT2D eigenvalue weighted by Gasteiger charge is 2.29. The third-order valence-corrected chi connectivity index (χ3v) is 5.25. The number of halogens is 1. The zero-order chi connectivity index (χ0) is 21.1. The molecule has 0 unspecified atom stereocenters. The highest BCUT2D eigenvalue weighted by atomic mass is 19.1. The molecule has 2 heterocycles. The standard InChI is InChI=1S/C22H22FN3O4/c23-17-6-3-15(4-7-17)12-24-20(27)13-26-18-11-16(22(29)25-9-1-2-10-25)5-8-19(18)30-14-21(26)28/h3-8,11H,1-2,9-10,12-14H2,(H,24,27). The first-order chi connectivity index (χ1) is 14.5. The van der Waals surface area contributed by atoms with Crippen molar-refractivity contribution in [1.29, 1.82) is 0 Å². The van der Waals surface area contributed by atoms with Gasteiger partial charge in [0.05, 0.1) is 5.69 Å². The lowest BCUT2D eigenvalue weighted by Crippen LogP contribution is -2.45. The molecular weight excluding hydrogens is 389 g/mol. The van der Waals surface area contributed by atoms with Gasteiger partial charge in [0, 0.05) is 25.2 Å². The lowest BCUT2D eigenvalue weighted by Gasteiger charge is -2.29. The fourth-order valence-corrected chi connectivity index (χ4v) is 3.61. The van der Waals surface area contributed by atoms with Crippen molar-refractivity contribution in [2.24, 2.45) is 0 Å². The van der Waals surface area contributed by atoms with E-state index in [1.165, 1.54) is 17.0 Å². The first kappa shape index (κ1) is 19.9. The summed E-state index contributed by atoms with van der Waals surface area (Å²) in [5.74, 6) is -0.699. The van der Waals surface area contributed by atoms with Gasteiger partial charge < -0.3 is 15.0 Å². The molecule has 2 aromatic carbocycles. The summed E-state index contributed by atoms with van der Waals surface area (Å²) < 4.78 is 18.5. The van der Waals surface area contributed by atoms with Crippen LogP contribution in [0.1, 0.15) is 28.8 Å². The Hall–Kier alpha value is -3.42. The van der Waals surface area contributed by atoms with Crippen molar-refractivity contribution in [1.82, 2.24) is 10.2 Å². The topological polar surface area (TPSA) is 79.0 Å². The van der Waals surface area contributed by atoms with Gasteiger partial charge in [0.1, 0.15) is 18.1 Å². The van der Waals surface area contributed by atoms with Gasteiger partial charge >= 0.3 is 0 Å². The molecule has 1 N–H and O–H groups in total. The maximum absolute atomic E-state index is 13.0. The predicted octanol–water partition coefficient (Wildman–Crippen LogP) is 2.10. The number of hydrogen-bond donors (Lipinski definition) is 1. The number of hydrogen-bond acceptors (Lipinski definition) is 4. The molecule has 0 atom stereocenters. The van der Waals surface area contributed by atoms with Crippen LogP contribution in [0.5, 0.6) is 5.75 Å². The number of likely N-dealkylation sites (tertiary alicyclic amines) is 1. The number of carbonyl (C=O) groups excluding carboxylic acids is 3. The number of amides is 3. The normalized spacial score (nSPS) is 15.6. The van der Waals surface area contributed by atoms with E-state index in [4.69, 9.17) is 4.74 Å². The highest BCUT2D eigenvalue weighted by Crippen LogP contribution is 2.33. The van der Waals surface area contributed by atoms with Crippen molar-refractivity contribution < 1.29 is 23.5 Å². The Morgan fingerprint density at radius 3 is 2.53 bits per heavy atom. The van der Waals surface area contributed by atoms with Crippen LogP contribution in [0.3, 0.4) is 0 Å². The van der Waals surface area contributed by atoms with Crippen molar-refractivity contribution in [3.8, 4) is 5.75 Å². The van der Waals surface area contributed by atoms with Gasteiger partial charge in [0.2, 0.25) is 5.91 Å². The first-order valence-corrected chi connectivity index (χ1v) is 9.89. The van der Waals surface area contributed by atoms with E-state index in [0.29, 0.717) is 17.0 Å². The van der Waals surface area contributed by atoms with E-state index in [0.717, 1.165) is 31.5 Å². The van der Waals surface area contributed by atoms with Crippen molar-refractivity contribution >= 4 is 23.4 Å². The van der Waals surface area contributed by atoms with Crippen LogP contribution in [-0.2, 0) is 16.1 Å². The van der Waals surface area contributed by atoms with Crippen molar-refractivity contribution in [3.63, 3.8) is 0 Å². The molecular formula is C22H22FN3O4. The Bertz CT molecular complexity index is 971. The molecule has 3 amide bonds. The van der Waals surface area contributed by atoms with Gasteiger partial charge in [-0.25, -0.2) is 4.39 Å². The van der Waals surface area contributed by atoms with Crippen LogP contribution < -0.4 is 15.0 Å². The fourth-order valence-electron chi connectivity index (χ4n) is 3.61. The van der Waals surface area contributed by atoms with Gasteiger partial charge in [0.25, 0.3) is 11.8 Å². The minimum absolute atomic E-state index is 0.0889. The van der Waals surface area contributed by atoms with Gasteiger partial charge in [-0.1, -0.05) is 12.1 Å². The number of rotatable bonds is 5. The van der Waals surface area contributed by atoms with Crippen molar-refractivity contribution in [3.05, 3.63) is 59.4 Å². The van der Waals surface area contributed by atoms with Crippen LogP contribution in [-0.4, -0.2) is 48.9 Å². The second-order valence-corrected chi connectivity index (χ2v) is 7.35. The molecule has 0 radical (unpaired) electrons. The van der Waals surface area contributed by atoms with E-state index in [-0.39, 0.29) is 43.2 Å². The predicted molar refractivity (Wildman–Crippen MR) is 108 cm³/mol. The second-order valence-electron chi connectivity index (χ2n) is 7.35. The molecule has 0 aliphatic carbocycles. The molecule has 1 fully saturated rings. The SMILES string of the molecule is O=C(CN1C(=O)COc2ccc(C(=O)N3CCCC3)cc21)NCc1ccc(F)cc1. The summed E-state index contributed by atoms with van der Waals surface area (Å²) in [6.45, 7) is 1.30. The average Bonchev–Trinajstić information content (AvgIpc) is 3.29. The maximum atomic E-state index is 13.0. The Morgan fingerprint density at radius 2 is 1.80 bits per heavy atom. The van der Waals surface area contributed by atoms with Crippen molar-refractivity contribution in [2.75, 3.05) is 31.1 Å². The van der Waals surface area contributed by atoms with E-state index in [1.54, 1.807) is 35.2 Å². The van der Waals surface area contributed by atoms with Crippen LogP contribution in [0, 0.1) is 5.82 Å². The Morgan fingerprint density at radius 1 is 1.07 bits per heavy atom. The summed E-state index contributed by atoms with van der Waals surface area (Å²) in [6, 6.07) is 10.8. The molecule has 0 aromatic heterocycles. The lowest BCUT2D eigenvalue weighted by atomic mass is 10.1. The summed E-state index contributed by atoms with van der Waals surface area (Å²) >= 11 is 0. The maximum Gasteiger partial charge on any atom is 0.265 e. The minimum atomic E-state index is -0.364. The molecule has 0 spiro atoms. The molecule has 4 rings (SSSR count). The first-order valence-electron chi connectivity index (χ1n) is 9.89. The molecule has 2 aliphatic rings. The van der Waals surface area contributed by atoms with Gasteiger partial charge in [-0.3, -0.25) is 19.3 Å². The summed E-state index contributed by atoms with van der Waals surface area (Å²) in [5, 5.41) is 2.73. The minimum Gasteiger partial charge on any atom is -0.482 e. The summed E-state index contributed by atoms with van der Waals surface area (Å²) in [6.07, 6.45) is 1.97. The van der Waals surface area contributed by atoms with E-state index in [2.05, 4.69) is 5.32 Å². The lowest BCUT2D eigenvalue weighted by molar-refractivity contribution is -0.125. The monoisotopic (exact) mass is 411 g/mol. The Balaban J connectivity index is 1.47. The number of carbonyl (C=O) groups is 3. The van der Waals surface area contributed by atoms with Crippen LogP contribution in [0.15, 0.2) is 42.5 Å². The van der Waals surface area contributed by atoms with Gasteiger partial charge in [-0.05, 0) is 48.7 Å². The summed E-state index contributed by atoms with van der Waals surface area (Å²) in [7, 11) is 0. The summed E-state index contributed by atoms with van der Waals surface area (Å²) in [4.78, 5) is 40.7. The molecule has 30 heavy (non-hydrogen) atoms. The highest BCUT2D eigenvalue weighted by molar-refractivity contribution is 6.04. The number of nitrogens with zero attached hydrogens (tertiary/aromatic N) is 2. The van der Waals surface area contributed by atoms with E-state index < -0.39 is 0 Å². The summed E-state index contributed by atoms with van der Waals surface area (Å²) in [5.41, 5.74) is 1.62. The number of nitrogens with one attached hydrogen (secondary N) is 1. The van der Waals surface area contributed by atoms with Crippen LogP contribution >= 0.6 is 0 Å². The second kappa shape index (κ2) is 8.52. The van der Waals surface area contributed by atoms with Gasteiger partial charge in [-0.15, -0.1) is 0 Å². The molecule has 0 saturated carbocycles. The smallest absolute Gasteiger partial charge is 0.265 e. The number of ether oxygens (including phenoxy) is 1. The molecule has 2 aromatic rings. The van der Waals surface area contributed by atoms with Crippen LogP contribution in [0.2, 0.25) is 0 Å². The quantitative estimate of drug-likeness (QED) is 0.817. The molecule has 1 saturated heterocycles. The number of anilines is 1. The van der Waals surface area contributed by atoms with Gasteiger partial charge in [0.15, 0.2) is 6.61 Å². The molecule has 7 nitrogen and oxygen atoms in total. The van der Waals surface area contributed by atoms with E-state index >= 15 is 0 Å². The van der Waals surface area contributed by atoms with Crippen molar-refractivity contribution in [2.45, 2.75) is 19.4 Å². The average molecular weight is 411 g/mol. The Labute approximate surface area is 173 Å². The zero-order valence-corrected chi connectivity index (χ0v) is 16.4. The van der Waals surface area contributed by atoms with Gasteiger partial charge in [-0.2, -0.15) is 0 Å². The number of benzene rings is 2. The molecule has 2 aliphatic heterocycles. The third kappa shape index (κ3) is 4.27. The Kier molecular flexibility index (Phi) is 5.65. The number of fused-ring (bicyclic) bond motifs is 1. The molecule has 8 heteroatoms. The largest absolute Gasteiger partial charge is 0.482 e. The molecule has 156 valence electrons. The molecule has 0 bridgehead atoms. The fraction of sp³-hybridized carbons (Fsp3) is 0.318. The van der Waals surface area contributed by atoms with Crippen LogP contribution in [0.4, 0.5) is 10.1 Å². The van der Waals surface area contributed by atoms with E-state index in [1.807, 2.05) is 0 Å². The van der Waals surface area contributed by atoms with Crippen LogP contribution in [0.25, 0.3) is 0 Å². The zero-order valence-electron chi connectivity index (χ0n) is 16.4. The third-order valence-electron chi connectivity index (χ3n) is 5.25.